The van der Waals surface area contributed by atoms with Crippen LogP contribution in [-0.2, 0) is 9.53 Å². The van der Waals surface area contributed by atoms with Crippen LogP contribution in [0.3, 0.4) is 0 Å². The number of β-amino-alcohol motifs (C(OH)–C–C–N with tert-alkyl or cyclic N) is 1. The van der Waals surface area contributed by atoms with Crippen LogP contribution in [0, 0.1) is 17.8 Å². The second-order valence-corrected chi connectivity index (χ2v) is 11.2. The van der Waals surface area contributed by atoms with Crippen molar-refractivity contribution < 1.29 is 14.6 Å². The number of piperidine rings is 1. The van der Waals surface area contributed by atoms with Crippen LogP contribution in [0.15, 0.2) is 0 Å². The fourth-order valence-corrected chi connectivity index (χ4v) is 7.15. The van der Waals surface area contributed by atoms with Gasteiger partial charge in [-0.1, -0.05) is 19.3 Å². The molecule has 0 aromatic rings. The number of aliphatic hydroxyl groups is 1. The molecule has 194 valence electrons. The summed E-state index contributed by atoms with van der Waals surface area (Å²) in [4.78, 5) is 15.5. The lowest BCUT2D eigenvalue weighted by Gasteiger charge is -2.36. The molecule has 0 radical (unpaired) electrons. The monoisotopic (exact) mass is 478 g/mol. The molecular weight excluding hydrogens is 432 g/mol. The molecule has 5 fully saturated rings. The maximum Gasteiger partial charge on any atom is 0.223 e. The van der Waals surface area contributed by atoms with E-state index in [1.807, 2.05) is 0 Å². The highest BCUT2D eigenvalue weighted by Gasteiger charge is 2.41. The first-order valence-corrected chi connectivity index (χ1v) is 14.0. The summed E-state index contributed by atoms with van der Waals surface area (Å²) in [5, 5.41) is 20.3. The average Bonchev–Trinajstić information content (AvgIpc) is 3.48. The van der Waals surface area contributed by atoms with E-state index in [1.165, 1.54) is 19.3 Å². The van der Waals surface area contributed by atoms with E-state index in [9.17, 15) is 9.90 Å². The third-order valence-corrected chi connectivity index (χ3v) is 9.08. The van der Waals surface area contributed by atoms with Crippen LogP contribution in [0.2, 0.25) is 0 Å². The van der Waals surface area contributed by atoms with E-state index in [4.69, 9.17) is 4.74 Å². The molecule has 9 heteroatoms. The Labute approximate surface area is 204 Å². The third kappa shape index (κ3) is 5.77. The number of carbonyl (C=O) groups excluding carboxylic acids is 1. The van der Waals surface area contributed by atoms with Crippen LogP contribution < -0.4 is 26.8 Å². The van der Waals surface area contributed by atoms with Crippen LogP contribution in [0.1, 0.15) is 64.2 Å². The summed E-state index contributed by atoms with van der Waals surface area (Å²) in [6, 6.07) is 0.571. The summed E-state index contributed by atoms with van der Waals surface area (Å²) in [6.07, 6.45) is 12.1. The molecule has 6 N–H and O–H groups in total. The minimum absolute atomic E-state index is 0.0968. The smallest absolute Gasteiger partial charge is 0.223 e. The van der Waals surface area contributed by atoms with Gasteiger partial charge in [0.15, 0.2) is 0 Å². The summed E-state index contributed by atoms with van der Waals surface area (Å²) in [6.45, 7) is 4.47. The van der Waals surface area contributed by atoms with Gasteiger partial charge in [-0.15, -0.1) is 0 Å². The number of hydrazine groups is 1. The van der Waals surface area contributed by atoms with Gasteiger partial charge in [0.25, 0.3) is 0 Å². The summed E-state index contributed by atoms with van der Waals surface area (Å²) < 4.78 is 5.99. The predicted molar refractivity (Wildman–Crippen MR) is 131 cm³/mol. The van der Waals surface area contributed by atoms with Gasteiger partial charge >= 0.3 is 0 Å². The Kier molecular flexibility index (Phi) is 8.74. The van der Waals surface area contributed by atoms with Crippen molar-refractivity contribution in [3.8, 4) is 0 Å². The lowest BCUT2D eigenvalue weighted by atomic mass is 9.82. The Balaban J connectivity index is 1.09. The molecule has 34 heavy (non-hydrogen) atoms. The molecule has 3 saturated heterocycles. The average molecular weight is 479 g/mol. The molecule has 3 aliphatic heterocycles. The van der Waals surface area contributed by atoms with E-state index in [0.29, 0.717) is 37.1 Å². The van der Waals surface area contributed by atoms with E-state index >= 15 is 0 Å². The molecule has 0 aromatic carbocycles. The number of hydrogen-bond acceptors (Lipinski definition) is 8. The zero-order valence-electron chi connectivity index (χ0n) is 20.6. The van der Waals surface area contributed by atoms with Gasteiger partial charge in [0, 0.05) is 31.0 Å². The van der Waals surface area contributed by atoms with Gasteiger partial charge in [-0.2, -0.15) is 0 Å². The van der Waals surface area contributed by atoms with Gasteiger partial charge in [0.2, 0.25) is 5.91 Å². The second-order valence-electron chi connectivity index (χ2n) is 11.2. The predicted octanol–water partition coefficient (Wildman–Crippen LogP) is 0.263. The van der Waals surface area contributed by atoms with E-state index in [1.54, 1.807) is 0 Å². The molecule has 6 unspecified atom stereocenters. The Hall–Kier alpha value is -0.810. The SMILES string of the molecule is O=C(N[C@@H]1COC2CCCCC21)C1CCCC(NCC2NNC(C3CCNCC3)N2CCO)C1. The molecule has 3 heterocycles. The zero-order valence-corrected chi connectivity index (χ0v) is 20.6. The molecule has 2 saturated carbocycles. The molecule has 7 atom stereocenters. The third-order valence-electron chi connectivity index (χ3n) is 9.08. The number of aliphatic hydroxyl groups excluding tert-OH is 1. The largest absolute Gasteiger partial charge is 0.395 e. The van der Waals surface area contributed by atoms with Crippen molar-refractivity contribution >= 4 is 5.91 Å². The van der Waals surface area contributed by atoms with Crippen molar-refractivity contribution in [2.75, 3.05) is 39.4 Å². The minimum Gasteiger partial charge on any atom is -0.395 e. The molecule has 0 bridgehead atoms. The van der Waals surface area contributed by atoms with Crippen molar-refractivity contribution in [2.24, 2.45) is 17.8 Å². The molecule has 1 amide bonds. The van der Waals surface area contributed by atoms with E-state index in [0.717, 1.165) is 64.6 Å². The van der Waals surface area contributed by atoms with Crippen molar-refractivity contribution in [3.05, 3.63) is 0 Å². The Bertz CT molecular complexity index is 663. The fourth-order valence-electron chi connectivity index (χ4n) is 7.15. The van der Waals surface area contributed by atoms with Gasteiger partial charge in [-0.05, 0) is 64.0 Å². The first-order chi connectivity index (χ1) is 16.7. The van der Waals surface area contributed by atoms with Crippen molar-refractivity contribution in [1.29, 1.82) is 0 Å². The summed E-state index contributed by atoms with van der Waals surface area (Å²) in [7, 11) is 0. The van der Waals surface area contributed by atoms with Gasteiger partial charge in [0.05, 0.1) is 37.7 Å². The first-order valence-electron chi connectivity index (χ1n) is 14.0. The number of fused-ring (bicyclic) bond motifs is 1. The quantitative estimate of drug-likeness (QED) is 0.295. The number of carbonyl (C=O) groups is 1. The number of amides is 1. The topological polar surface area (TPSA) is 110 Å². The summed E-state index contributed by atoms with van der Waals surface area (Å²) in [5.41, 5.74) is 6.99. The first kappa shape index (κ1) is 24.9. The number of nitrogens with one attached hydrogen (secondary N) is 5. The summed E-state index contributed by atoms with van der Waals surface area (Å²) >= 11 is 0. The fraction of sp³-hybridized carbons (Fsp3) is 0.960. The normalized spacial score (nSPS) is 39.7. The van der Waals surface area contributed by atoms with E-state index in [2.05, 4.69) is 31.7 Å². The highest BCUT2D eigenvalue weighted by Crippen LogP contribution is 2.35. The van der Waals surface area contributed by atoms with Crippen molar-refractivity contribution in [1.82, 2.24) is 31.7 Å². The molecule has 2 aliphatic carbocycles. The lowest BCUT2D eigenvalue weighted by Crippen LogP contribution is -2.52. The number of nitrogens with zero attached hydrogens (tertiary/aromatic N) is 1. The molecule has 0 spiro atoms. The zero-order chi connectivity index (χ0) is 23.3. The number of rotatable bonds is 8. The maximum absolute atomic E-state index is 13.1. The van der Waals surface area contributed by atoms with Crippen LogP contribution in [0.25, 0.3) is 0 Å². The molecule has 0 aromatic heterocycles. The standard InChI is InChI=1S/C25H46N6O3/c32-13-12-31-23(29-30-24(31)17-8-10-26-11-9-17)15-27-19-5-3-4-18(14-19)25(33)28-21-16-34-22-7-2-1-6-20(21)22/h17-24,26-27,29-30,32H,1-16H2,(H,28,33)/t18?,19?,20?,21-,22?,23?,24?/m1/s1. The van der Waals surface area contributed by atoms with Crippen LogP contribution >= 0.6 is 0 Å². The van der Waals surface area contributed by atoms with E-state index < -0.39 is 0 Å². The maximum atomic E-state index is 13.1. The molecule has 5 aliphatic rings. The Morgan fingerprint density at radius 2 is 1.88 bits per heavy atom. The van der Waals surface area contributed by atoms with Gasteiger partial charge in [-0.25, -0.2) is 10.9 Å². The number of hydrogen-bond donors (Lipinski definition) is 6. The van der Waals surface area contributed by atoms with Gasteiger partial charge in [0.1, 0.15) is 0 Å². The van der Waals surface area contributed by atoms with Gasteiger partial charge in [-0.3, -0.25) is 9.69 Å². The van der Waals surface area contributed by atoms with Crippen LogP contribution in [-0.4, -0.2) is 85.8 Å². The highest BCUT2D eigenvalue weighted by molar-refractivity contribution is 5.79. The van der Waals surface area contributed by atoms with Crippen LogP contribution in [0.4, 0.5) is 0 Å². The van der Waals surface area contributed by atoms with Crippen molar-refractivity contribution in [2.45, 2.75) is 94.7 Å². The number of ether oxygens (including phenoxy) is 1. The Morgan fingerprint density at radius 3 is 2.74 bits per heavy atom. The summed E-state index contributed by atoms with van der Waals surface area (Å²) in [5.74, 6) is 1.44. The molecular formula is C25H46N6O3. The minimum atomic E-state index is 0.0968. The molecule has 9 nitrogen and oxygen atoms in total. The van der Waals surface area contributed by atoms with Gasteiger partial charge < -0.3 is 25.8 Å². The second kappa shape index (κ2) is 12.0. The van der Waals surface area contributed by atoms with Crippen LogP contribution in [0.5, 0.6) is 0 Å². The lowest BCUT2D eigenvalue weighted by molar-refractivity contribution is -0.127. The Morgan fingerprint density at radius 1 is 1.03 bits per heavy atom. The van der Waals surface area contributed by atoms with Crippen molar-refractivity contribution in [3.63, 3.8) is 0 Å². The molecule has 5 rings (SSSR count). The van der Waals surface area contributed by atoms with E-state index in [-0.39, 0.29) is 36.8 Å². The highest BCUT2D eigenvalue weighted by atomic mass is 16.5.